The molecule has 3 aromatic rings. The monoisotopic (exact) mass is 352 g/mol. The van der Waals surface area contributed by atoms with Gasteiger partial charge in [0.1, 0.15) is 24.1 Å². The van der Waals surface area contributed by atoms with Crippen molar-refractivity contribution in [2.24, 2.45) is 4.99 Å². The summed E-state index contributed by atoms with van der Waals surface area (Å²) in [6.45, 7) is 0. The topological polar surface area (TPSA) is 54.0 Å². The van der Waals surface area contributed by atoms with Gasteiger partial charge >= 0.3 is 0 Å². The zero-order chi connectivity index (χ0) is 16.7. The second-order valence-corrected chi connectivity index (χ2v) is 6.21. The summed E-state index contributed by atoms with van der Waals surface area (Å²) in [7, 11) is 0. The zero-order valence-corrected chi connectivity index (χ0v) is 13.8. The Bertz CT molecular complexity index is 1010. The standard InChI is InChI=1S/C18H10Cl2N4/c19-11-5-6-16-13(7-11)18(12-3-1-2-4-14(12)20)22-9-17-15(8-21)23-10-24(16)17/h1-7,9-10,18H. The molecule has 1 unspecified atom stereocenters. The quantitative estimate of drug-likeness (QED) is 0.643. The summed E-state index contributed by atoms with van der Waals surface area (Å²) in [5.74, 6) is 0. The molecule has 1 aliphatic heterocycles. The lowest BCUT2D eigenvalue weighted by molar-refractivity contribution is 0.870. The molecule has 0 saturated carbocycles. The molecule has 1 aromatic heterocycles. The van der Waals surface area contributed by atoms with Crippen molar-refractivity contribution < 1.29 is 0 Å². The van der Waals surface area contributed by atoms with Crippen LogP contribution in [0.25, 0.3) is 5.69 Å². The van der Waals surface area contributed by atoms with Gasteiger partial charge in [-0.25, -0.2) is 4.98 Å². The highest BCUT2D eigenvalue weighted by Gasteiger charge is 2.24. The molecule has 4 nitrogen and oxygen atoms in total. The minimum absolute atomic E-state index is 0.307. The molecule has 0 bridgehead atoms. The minimum atomic E-state index is -0.307. The Balaban J connectivity index is 2.02. The van der Waals surface area contributed by atoms with E-state index < -0.39 is 0 Å². The third-order valence-electron chi connectivity index (χ3n) is 4.00. The van der Waals surface area contributed by atoms with Crippen LogP contribution in [0.5, 0.6) is 0 Å². The van der Waals surface area contributed by atoms with Crippen LogP contribution >= 0.6 is 23.2 Å². The van der Waals surface area contributed by atoms with E-state index in [0.717, 1.165) is 16.8 Å². The molecule has 1 atom stereocenters. The smallest absolute Gasteiger partial charge is 0.167 e. The zero-order valence-electron chi connectivity index (χ0n) is 12.3. The number of nitriles is 1. The predicted octanol–water partition coefficient (Wildman–Crippen LogP) is 4.57. The first-order chi connectivity index (χ1) is 11.7. The second-order valence-electron chi connectivity index (χ2n) is 5.37. The molecule has 24 heavy (non-hydrogen) atoms. The van der Waals surface area contributed by atoms with Gasteiger partial charge in [-0.3, -0.25) is 9.56 Å². The van der Waals surface area contributed by atoms with Crippen molar-refractivity contribution >= 4 is 29.4 Å². The molecule has 0 amide bonds. The maximum atomic E-state index is 9.26. The normalized spacial score (nSPS) is 15.3. The van der Waals surface area contributed by atoms with Gasteiger partial charge in [0.15, 0.2) is 5.69 Å². The van der Waals surface area contributed by atoms with Crippen LogP contribution in [0.2, 0.25) is 10.0 Å². The molecule has 0 N–H and O–H groups in total. The van der Waals surface area contributed by atoms with Crippen LogP contribution < -0.4 is 0 Å². The van der Waals surface area contributed by atoms with Gasteiger partial charge in [-0.15, -0.1) is 0 Å². The number of aliphatic imine (C=N–C) groups is 1. The highest BCUT2D eigenvalue weighted by Crippen LogP contribution is 2.37. The van der Waals surface area contributed by atoms with Crippen molar-refractivity contribution in [1.82, 2.24) is 9.55 Å². The van der Waals surface area contributed by atoms with Crippen LogP contribution in [0.4, 0.5) is 0 Å². The van der Waals surface area contributed by atoms with E-state index >= 15 is 0 Å². The number of halogens is 2. The van der Waals surface area contributed by atoms with Crippen LogP contribution in [-0.2, 0) is 0 Å². The Morgan fingerprint density at radius 3 is 2.71 bits per heavy atom. The van der Waals surface area contributed by atoms with Crippen molar-refractivity contribution in [3.8, 4) is 11.8 Å². The molecule has 0 aliphatic carbocycles. The molecule has 1 aliphatic rings. The molecular weight excluding hydrogens is 343 g/mol. The molecule has 0 radical (unpaired) electrons. The molecule has 0 saturated heterocycles. The second kappa shape index (κ2) is 5.79. The molecule has 0 fully saturated rings. The van der Waals surface area contributed by atoms with Crippen molar-refractivity contribution in [3.63, 3.8) is 0 Å². The first-order valence-electron chi connectivity index (χ1n) is 7.24. The Labute approximate surface area is 148 Å². The number of nitrogens with zero attached hydrogens (tertiary/aromatic N) is 4. The average molecular weight is 353 g/mol. The Kier molecular flexibility index (Phi) is 3.61. The molecule has 6 heteroatoms. The first kappa shape index (κ1) is 14.9. The molecule has 2 heterocycles. The van der Waals surface area contributed by atoms with E-state index in [0.29, 0.717) is 21.4 Å². The van der Waals surface area contributed by atoms with Crippen LogP contribution in [0.1, 0.15) is 28.6 Å². The third kappa shape index (κ3) is 2.30. The number of hydrogen-bond donors (Lipinski definition) is 0. The van der Waals surface area contributed by atoms with Gasteiger partial charge in [0.05, 0.1) is 5.69 Å². The number of aromatic nitrogens is 2. The maximum absolute atomic E-state index is 9.26. The number of imidazole rings is 1. The number of fused-ring (bicyclic) bond motifs is 3. The summed E-state index contributed by atoms with van der Waals surface area (Å²) in [5, 5.41) is 10.5. The van der Waals surface area contributed by atoms with Gasteiger partial charge in [0.25, 0.3) is 0 Å². The summed E-state index contributed by atoms with van der Waals surface area (Å²) in [4.78, 5) is 8.83. The van der Waals surface area contributed by atoms with Gasteiger partial charge in [-0.1, -0.05) is 41.4 Å². The SMILES string of the molecule is N#Cc1ncn2c1C=NC(c1ccccc1Cl)c1cc(Cl)ccc1-2. The van der Waals surface area contributed by atoms with Gasteiger partial charge in [-0.2, -0.15) is 5.26 Å². The van der Waals surface area contributed by atoms with Crippen LogP contribution in [-0.4, -0.2) is 15.8 Å². The van der Waals surface area contributed by atoms with E-state index in [-0.39, 0.29) is 6.04 Å². The van der Waals surface area contributed by atoms with Gasteiger partial charge < -0.3 is 0 Å². The Morgan fingerprint density at radius 1 is 1.08 bits per heavy atom. The lowest BCUT2D eigenvalue weighted by Crippen LogP contribution is -2.03. The van der Waals surface area contributed by atoms with Crippen LogP contribution in [0.15, 0.2) is 53.8 Å². The minimum Gasteiger partial charge on any atom is -0.296 e. The molecular formula is C18H10Cl2N4. The third-order valence-corrected chi connectivity index (χ3v) is 4.58. The van der Waals surface area contributed by atoms with E-state index in [1.165, 1.54) is 0 Å². The molecule has 0 spiro atoms. The molecule has 116 valence electrons. The summed E-state index contributed by atoms with van der Waals surface area (Å²) in [5.41, 5.74) is 3.66. The fourth-order valence-electron chi connectivity index (χ4n) is 2.89. The predicted molar refractivity (Wildman–Crippen MR) is 94.2 cm³/mol. The van der Waals surface area contributed by atoms with E-state index in [4.69, 9.17) is 23.2 Å². The van der Waals surface area contributed by atoms with Crippen molar-refractivity contribution in [1.29, 1.82) is 5.26 Å². The van der Waals surface area contributed by atoms with Gasteiger partial charge in [0, 0.05) is 21.8 Å². The average Bonchev–Trinajstić information content (AvgIpc) is 2.92. The van der Waals surface area contributed by atoms with E-state index in [2.05, 4.69) is 16.0 Å². The van der Waals surface area contributed by atoms with E-state index in [1.807, 2.05) is 47.0 Å². The van der Waals surface area contributed by atoms with Crippen LogP contribution in [0, 0.1) is 11.3 Å². The van der Waals surface area contributed by atoms with Crippen molar-refractivity contribution in [2.75, 3.05) is 0 Å². The van der Waals surface area contributed by atoms with Crippen LogP contribution in [0.3, 0.4) is 0 Å². The molecule has 2 aromatic carbocycles. The highest BCUT2D eigenvalue weighted by atomic mass is 35.5. The number of benzene rings is 2. The largest absolute Gasteiger partial charge is 0.296 e. The Morgan fingerprint density at radius 2 is 1.92 bits per heavy atom. The highest BCUT2D eigenvalue weighted by molar-refractivity contribution is 6.31. The lowest BCUT2D eigenvalue weighted by atomic mass is 9.97. The van der Waals surface area contributed by atoms with E-state index in [1.54, 1.807) is 12.5 Å². The first-order valence-corrected chi connectivity index (χ1v) is 7.99. The number of rotatable bonds is 1. The summed E-state index contributed by atoms with van der Waals surface area (Å²) < 4.78 is 1.85. The van der Waals surface area contributed by atoms with Gasteiger partial charge in [-0.05, 0) is 29.8 Å². The molecule has 4 rings (SSSR count). The Hall–Kier alpha value is -2.61. The summed E-state index contributed by atoms with van der Waals surface area (Å²) >= 11 is 12.6. The lowest BCUT2D eigenvalue weighted by Gasteiger charge is -2.17. The van der Waals surface area contributed by atoms with E-state index in [9.17, 15) is 5.26 Å². The van der Waals surface area contributed by atoms with Crippen molar-refractivity contribution in [2.45, 2.75) is 6.04 Å². The maximum Gasteiger partial charge on any atom is 0.167 e. The fourth-order valence-corrected chi connectivity index (χ4v) is 3.31. The summed E-state index contributed by atoms with van der Waals surface area (Å²) in [6, 6.07) is 15.0. The number of hydrogen-bond acceptors (Lipinski definition) is 3. The fraction of sp³-hybridized carbons (Fsp3) is 0.0556. The van der Waals surface area contributed by atoms with Gasteiger partial charge in [0.2, 0.25) is 0 Å². The van der Waals surface area contributed by atoms with Crippen molar-refractivity contribution in [3.05, 3.63) is 81.4 Å². The summed E-state index contributed by atoms with van der Waals surface area (Å²) in [6.07, 6.45) is 3.30.